The Morgan fingerprint density at radius 1 is 0.412 bits per heavy atom. The first kappa shape index (κ1) is 23.5. The summed E-state index contributed by atoms with van der Waals surface area (Å²) in [6.45, 7) is 2.14. The topological polar surface area (TPSA) is 0 Å². The van der Waals surface area contributed by atoms with Crippen molar-refractivity contribution in [3.8, 4) is 33.4 Å². The molecular weight excluding hydrogens is 464 g/mol. The molecule has 0 saturated heterocycles. The third kappa shape index (κ3) is 3.45. The second-order valence-electron chi connectivity index (χ2n) is 7.60. The molecule has 0 aliphatic rings. The molecule has 0 atom stereocenters. The van der Waals surface area contributed by atoms with Crippen LogP contribution >= 0.6 is 0 Å². The lowest BCUT2D eigenvalue weighted by atomic mass is 9.85. The fraction of sp³-hybridized carbons (Fsp3) is 0.0769. The van der Waals surface area contributed by atoms with E-state index in [0.717, 1.165) is 32.0 Å². The first-order valence-corrected chi connectivity index (χ1v) is 9.92. The third-order valence-electron chi connectivity index (χ3n) is 5.73. The van der Waals surface area contributed by atoms with Crippen molar-refractivity contribution in [2.45, 2.75) is 13.8 Å². The van der Waals surface area contributed by atoms with E-state index in [9.17, 15) is 26.3 Å². The summed E-state index contributed by atoms with van der Waals surface area (Å²) in [6, 6.07) is 10.7. The Bertz CT molecular complexity index is 1410. The van der Waals surface area contributed by atoms with E-state index in [1.54, 1.807) is 6.07 Å². The Morgan fingerprint density at radius 3 is 1.56 bits per heavy atom. The minimum atomic E-state index is -2.28. The summed E-state index contributed by atoms with van der Waals surface area (Å²) in [4.78, 5) is 0. The zero-order chi connectivity index (χ0) is 24.9. The van der Waals surface area contributed by atoms with Gasteiger partial charge in [0.2, 0.25) is 0 Å². The highest BCUT2D eigenvalue weighted by Gasteiger charge is 2.33. The van der Waals surface area contributed by atoms with Crippen LogP contribution in [0.4, 0.5) is 35.1 Å². The molecule has 0 saturated carbocycles. The van der Waals surface area contributed by atoms with Crippen LogP contribution in [0.2, 0.25) is 0 Å². The molecule has 0 fully saturated rings. The Kier molecular flexibility index (Phi) is 5.93. The lowest BCUT2D eigenvalue weighted by Crippen LogP contribution is -2.09. The molecule has 0 nitrogen and oxygen atoms in total. The average Bonchev–Trinajstić information content (AvgIpc) is 2.84. The van der Waals surface area contributed by atoms with Gasteiger partial charge in [-0.05, 0) is 42.2 Å². The van der Waals surface area contributed by atoms with Crippen molar-refractivity contribution in [3.63, 3.8) is 0 Å². The molecule has 0 amide bonds. The molecule has 0 aliphatic carbocycles. The largest absolute Gasteiger partial charge is 0.206 e. The van der Waals surface area contributed by atoms with Gasteiger partial charge in [0.15, 0.2) is 40.7 Å². The van der Waals surface area contributed by atoms with Gasteiger partial charge < -0.3 is 0 Å². The van der Waals surface area contributed by atoms with Gasteiger partial charge in [-0.1, -0.05) is 42.5 Å². The summed E-state index contributed by atoms with van der Waals surface area (Å²) in [5.41, 5.74) is -4.66. The lowest BCUT2D eigenvalue weighted by molar-refractivity contribution is 0.411. The van der Waals surface area contributed by atoms with Crippen LogP contribution in [0, 0.1) is 60.4 Å². The van der Waals surface area contributed by atoms with Crippen LogP contribution < -0.4 is 0 Å². The summed E-state index contributed by atoms with van der Waals surface area (Å²) in [5, 5.41) is 0. The molecule has 0 radical (unpaired) electrons. The van der Waals surface area contributed by atoms with Crippen molar-refractivity contribution in [1.82, 2.24) is 0 Å². The summed E-state index contributed by atoms with van der Waals surface area (Å²) >= 11 is 0. The maximum Gasteiger partial charge on any atom is 0.198 e. The molecule has 0 unspecified atom stereocenters. The zero-order valence-electron chi connectivity index (χ0n) is 17.6. The molecule has 4 aromatic carbocycles. The second-order valence-corrected chi connectivity index (χ2v) is 7.60. The Labute approximate surface area is 189 Å². The van der Waals surface area contributed by atoms with Gasteiger partial charge in [-0.3, -0.25) is 0 Å². The van der Waals surface area contributed by atoms with E-state index in [1.807, 2.05) is 0 Å². The van der Waals surface area contributed by atoms with E-state index in [4.69, 9.17) is 0 Å². The SMILES string of the molecule is Cc1c(C)c(-c2c(F)c(F)c(F)c(F)c2-c2cccc(F)c2-c2ccccc2)c(F)c(F)c1F. The van der Waals surface area contributed by atoms with Crippen LogP contribution in [0.5, 0.6) is 0 Å². The van der Waals surface area contributed by atoms with Crippen molar-refractivity contribution in [2.75, 3.05) is 0 Å². The molecule has 0 heterocycles. The summed E-state index contributed by atoms with van der Waals surface area (Å²) in [5.74, 6) is -14.9. The van der Waals surface area contributed by atoms with E-state index in [2.05, 4.69) is 0 Å². The van der Waals surface area contributed by atoms with Crippen LogP contribution in [0.25, 0.3) is 33.4 Å². The lowest BCUT2D eigenvalue weighted by Gasteiger charge is -2.20. The van der Waals surface area contributed by atoms with Crippen molar-refractivity contribution in [2.24, 2.45) is 0 Å². The Morgan fingerprint density at radius 2 is 0.941 bits per heavy atom. The smallest absolute Gasteiger partial charge is 0.198 e. The van der Waals surface area contributed by atoms with Gasteiger partial charge in [0.05, 0.1) is 0 Å². The standard InChI is InChI=1S/C26H14F8/c1-11-12(2)20(28)24(32)21(29)16(11)19-18(22(30)25(33)26(34)23(19)31)14-9-6-10-15(27)17(14)13-7-4-3-5-8-13/h3-10H,1-2H3. The van der Waals surface area contributed by atoms with Crippen molar-refractivity contribution in [3.05, 3.63) is 106 Å². The van der Waals surface area contributed by atoms with E-state index in [1.165, 1.54) is 24.3 Å². The van der Waals surface area contributed by atoms with Gasteiger partial charge in [0.1, 0.15) is 5.82 Å². The summed E-state index contributed by atoms with van der Waals surface area (Å²) < 4.78 is 117. The van der Waals surface area contributed by atoms with E-state index in [0.29, 0.717) is 0 Å². The van der Waals surface area contributed by atoms with Crippen LogP contribution in [-0.4, -0.2) is 0 Å². The summed E-state index contributed by atoms with van der Waals surface area (Å²) in [6.07, 6.45) is 0. The highest BCUT2D eigenvalue weighted by molar-refractivity contribution is 5.93. The van der Waals surface area contributed by atoms with Gasteiger partial charge in [-0.15, -0.1) is 0 Å². The molecular formula is C26H14F8. The molecule has 4 aromatic rings. The molecule has 174 valence electrons. The van der Waals surface area contributed by atoms with Crippen molar-refractivity contribution in [1.29, 1.82) is 0 Å². The average molecular weight is 478 g/mol. The monoisotopic (exact) mass is 478 g/mol. The predicted molar refractivity (Wildman–Crippen MR) is 112 cm³/mol. The van der Waals surface area contributed by atoms with Gasteiger partial charge >= 0.3 is 0 Å². The van der Waals surface area contributed by atoms with Gasteiger partial charge in [-0.25, -0.2) is 35.1 Å². The van der Waals surface area contributed by atoms with Crippen LogP contribution in [-0.2, 0) is 0 Å². The normalized spacial score (nSPS) is 11.2. The predicted octanol–water partition coefficient (Wildman–Crippen LogP) is 8.42. The zero-order valence-corrected chi connectivity index (χ0v) is 17.6. The van der Waals surface area contributed by atoms with E-state index >= 15 is 8.78 Å². The quantitative estimate of drug-likeness (QED) is 0.158. The molecule has 8 heteroatoms. The highest BCUT2D eigenvalue weighted by Crippen LogP contribution is 2.46. The molecule has 0 aromatic heterocycles. The van der Waals surface area contributed by atoms with Gasteiger partial charge in [0, 0.05) is 22.3 Å². The summed E-state index contributed by atoms with van der Waals surface area (Å²) in [7, 11) is 0. The fourth-order valence-electron chi connectivity index (χ4n) is 3.93. The molecule has 34 heavy (non-hydrogen) atoms. The van der Waals surface area contributed by atoms with Crippen LogP contribution in [0.1, 0.15) is 11.1 Å². The minimum Gasteiger partial charge on any atom is -0.206 e. The molecule has 0 aliphatic heterocycles. The van der Waals surface area contributed by atoms with Crippen molar-refractivity contribution < 1.29 is 35.1 Å². The van der Waals surface area contributed by atoms with Crippen LogP contribution in [0.3, 0.4) is 0 Å². The maximum absolute atomic E-state index is 15.3. The first-order valence-electron chi connectivity index (χ1n) is 9.92. The molecule has 0 N–H and O–H groups in total. The van der Waals surface area contributed by atoms with E-state index in [-0.39, 0.29) is 16.7 Å². The first-order chi connectivity index (χ1) is 16.1. The molecule has 4 rings (SSSR count). The number of hydrogen-bond acceptors (Lipinski definition) is 0. The number of halogens is 8. The fourth-order valence-corrected chi connectivity index (χ4v) is 3.93. The second kappa shape index (κ2) is 8.59. The molecule has 0 spiro atoms. The number of benzene rings is 4. The van der Waals surface area contributed by atoms with Crippen molar-refractivity contribution >= 4 is 0 Å². The molecule has 0 bridgehead atoms. The third-order valence-corrected chi connectivity index (χ3v) is 5.73. The number of rotatable bonds is 3. The Hall–Kier alpha value is -3.68. The van der Waals surface area contributed by atoms with Gasteiger partial charge in [-0.2, -0.15) is 0 Å². The highest BCUT2D eigenvalue weighted by atomic mass is 19.2. The number of hydrogen-bond donors (Lipinski definition) is 0. The maximum atomic E-state index is 15.3. The van der Waals surface area contributed by atoms with Gasteiger partial charge in [0.25, 0.3) is 0 Å². The van der Waals surface area contributed by atoms with Crippen LogP contribution in [0.15, 0.2) is 48.5 Å². The minimum absolute atomic E-state index is 0.171. The Balaban J connectivity index is 2.24. The van der Waals surface area contributed by atoms with E-state index < -0.39 is 74.4 Å².